The van der Waals surface area contributed by atoms with Crippen molar-refractivity contribution in [3.63, 3.8) is 0 Å². The fourth-order valence-corrected chi connectivity index (χ4v) is 5.66. The van der Waals surface area contributed by atoms with Crippen molar-refractivity contribution in [3.05, 3.63) is 12.7 Å². The van der Waals surface area contributed by atoms with E-state index in [1.807, 2.05) is 27.7 Å². The van der Waals surface area contributed by atoms with Crippen LogP contribution in [0, 0.1) is 22.7 Å². The number of ether oxygens (including phenoxy) is 1. The Bertz CT molecular complexity index is 1120. The van der Waals surface area contributed by atoms with Gasteiger partial charge in [0.25, 0.3) is 5.91 Å². The molecule has 1 heterocycles. The van der Waals surface area contributed by atoms with Crippen LogP contribution in [0.3, 0.4) is 0 Å². The first kappa shape index (κ1) is 41.6. The summed E-state index contributed by atoms with van der Waals surface area (Å²) in [6, 6.07) is -4.70. The van der Waals surface area contributed by atoms with Gasteiger partial charge in [-0.3, -0.25) is 19.2 Å². The van der Waals surface area contributed by atoms with Crippen molar-refractivity contribution in [2.75, 3.05) is 13.1 Å². The van der Waals surface area contributed by atoms with Gasteiger partial charge in [-0.2, -0.15) is 0 Å². The smallest absolute Gasteiger partial charge is 0.329 e. The summed E-state index contributed by atoms with van der Waals surface area (Å²) in [5.74, 6) is -2.78. The summed E-state index contributed by atoms with van der Waals surface area (Å²) < 4.78 is 5.38. The third-order valence-electron chi connectivity index (χ3n) is 8.01. The zero-order valence-electron chi connectivity index (χ0n) is 30.6. The standard InChI is InChI=1S/C35H61N5O7/c1-13-15-16-24(26(41)30(43)36-17-14-2)37-29(42)25-19-23(18-21(3)4)20-40(25)31(44)27(34(7,8)9)38-33(46)39-28(35(10,11)12)32(45)47-22(5)6/h14,21-25,27-28H,2,13,15-20H2,1,3-12H3,(H,36,43)(H,37,42)(H2,38,39,46)/t23-,24?,25+,27-,28-/m1/s1. The number of Topliss-reactive ketones (excluding diaryl/α,β-unsaturated/α-hetero) is 1. The summed E-state index contributed by atoms with van der Waals surface area (Å²) in [7, 11) is 0. The molecule has 1 fully saturated rings. The van der Waals surface area contributed by atoms with Gasteiger partial charge in [0.05, 0.1) is 12.1 Å². The second-order valence-corrected chi connectivity index (χ2v) is 15.5. The summed E-state index contributed by atoms with van der Waals surface area (Å²) in [6.07, 6.45) is 3.88. The highest BCUT2D eigenvalue weighted by atomic mass is 16.5. The van der Waals surface area contributed by atoms with Crippen molar-refractivity contribution in [1.82, 2.24) is 26.2 Å². The van der Waals surface area contributed by atoms with Gasteiger partial charge in [-0.05, 0) is 55.8 Å². The Morgan fingerprint density at radius 3 is 1.98 bits per heavy atom. The first-order valence-electron chi connectivity index (χ1n) is 16.9. The minimum atomic E-state index is -1.06. The molecule has 5 atom stereocenters. The van der Waals surface area contributed by atoms with Crippen LogP contribution in [0.25, 0.3) is 0 Å². The Hall–Kier alpha value is -3.44. The minimum absolute atomic E-state index is 0.0147. The van der Waals surface area contributed by atoms with Gasteiger partial charge >= 0.3 is 12.0 Å². The Morgan fingerprint density at radius 1 is 0.915 bits per heavy atom. The van der Waals surface area contributed by atoms with E-state index in [2.05, 4.69) is 41.7 Å². The van der Waals surface area contributed by atoms with E-state index < -0.39 is 70.5 Å². The van der Waals surface area contributed by atoms with Crippen molar-refractivity contribution in [2.45, 2.75) is 139 Å². The van der Waals surface area contributed by atoms with Crippen molar-refractivity contribution >= 4 is 35.5 Å². The molecule has 1 saturated heterocycles. The molecule has 268 valence electrons. The molecule has 1 aliphatic rings. The monoisotopic (exact) mass is 663 g/mol. The number of esters is 1. The van der Waals surface area contributed by atoms with Crippen LogP contribution in [0.5, 0.6) is 0 Å². The molecule has 0 saturated carbocycles. The number of hydrogen-bond donors (Lipinski definition) is 4. The number of carbonyl (C=O) groups excluding carboxylic acids is 6. The van der Waals surface area contributed by atoms with E-state index in [1.54, 1.807) is 34.6 Å². The SMILES string of the molecule is C=CCNC(=O)C(=O)C(CCCC)NC(=O)[C@@H]1C[C@@H](CC(C)C)CN1C(=O)[C@@H](NC(=O)N[C@H](C(=O)OC(C)C)C(C)(C)C)C(C)(C)C. The van der Waals surface area contributed by atoms with Gasteiger partial charge in [-0.25, -0.2) is 9.59 Å². The quantitative estimate of drug-likeness (QED) is 0.111. The average Bonchev–Trinajstić information content (AvgIpc) is 3.36. The molecule has 4 N–H and O–H groups in total. The predicted octanol–water partition coefficient (Wildman–Crippen LogP) is 3.88. The fraction of sp³-hybridized carbons (Fsp3) is 0.771. The van der Waals surface area contributed by atoms with E-state index in [1.165, 1.54) is 11.0 Å². The number of ketones is 1. The van der Waals surface area contributed by atoms with Crippen molar-refractivity contribution < 1.29 is 33.5 Å². The first-order chi connectivity index (χ1) is 21.6. The fourth-order valence-electron chi connectivity index (χ4n) is 5.66. The molecule has 0 bridgehead atoms. The Balaban J connectivity index is 3.37. The van der Waals surface area contributed by atoms with Gasteiger partial charge in [-0.15, -0.1) is 6.58 Å². The number of rotatable bonds is 16. The van der Waals surface area contributed by atoms with Crippen LogP contribution in [0.2, 0.25) is 0 Å². The number of amides is 5. The lowest BCUT2D eigenvalue weighted by atomic mass is 9.85. The zero-order valence-corrected chi connectivity index (χ0v) is 30.6. The largest absolute Gasteiger partial charge is 0.461 e. The molecule has 1 aliphatic heterocycles. The normalized spacial score (nSPS) is 18.6. The maximum atomic E-state index is 14.3. The average molecular weight is 664 g/mol. The van der Waals surface area contributed by atoms with Crippen molar-refractivity contribution in [2.24, 2.45) is 22.7 Å². The van der Waals surface area contributed by atoms with Gasteiger partial charge in [0, 0.05) is 13.1 Å². The highest BCUT2D eigenvalue weighted by molar-refractivity contribution is 6.38. The van der Waals surface area contributed by atoms with E-state index >= 15 is 0 Å². The van der Waals surface area contributed by atoms with Gasteiger partial charge in [-0.1, -0.05) is 81.2 Å². The van der Waals surface area contributed by atoms with Crippen LogP contribution in [0.4, 0.5) is 4.79 Å². The third kappa shape index (κ3) is 13.3. The maximum absolute atomic E-state index is 14.3. The van der Waals surface area contributed by atoms with E-state index in [0.29, 0.717) is 25.3 Å². The number of nitrogens with one attached hydrogen (secondary N) is 4. The van der Waals surface area contributed by atoms with E-state index in [-0.39, 0.29) is 25.0 Å². The number of urea groups is 1. The molecule has 1 rings (SSSR count). The molecular formula is C35H61N5O7. The summed E-state index contributed by atoms with van der Waals surface area (Å²) in [6.45, 7) is 24.3. The lowest BCUT2D eigenvalue weighted by Crippen LogP contribution is -2.62. The number of carbonyl (C=O) groups is 6. The van der Waals surface area contributed by atoms with Gasteiger partial charge in [0.15, 0.2) is 0 Å². The van der Waals surface area contributed by atoms with Crippen LogP contribution < -0.4 is 21.3 Å². The lowest BCUT2D eigenvalue weighted by Gasteiger charge is -2.36. The highest BCUT2D eigenvalue weighted by Gasteiger charge is 2.46. The van der Waals surface area contributed by atoms with E-state index in [9.17, 15) is 28.8 Å². The zero-order chi connectivity index (χ0) is 36.3. The van der Waals surface area contributed by atoms with Gasteiger partial charge in [0.2, 0.25) is 17.6 Å². The first-order valence-corrected chi connectivity index (χ1v) is 16.9. The van der Waals surface area contributed by atoms with E-state index in [0.717, 1.165) is 12.8 Å². The minimum Gasteiger partial charge on any atom is -0.461 e. The predicted molar refractivity (Wildman–Crippen MR) is 182 cm³/mol. The Labute approximate surface area is 281 Å². The summed E-state index contributed by atoms with van der Waals surface area (Å²) >= 11 is 0. The van der Waals surface area contributed by atoms with Crippen molar-refractivity contribution in [1.29, 1.82) is 0 Å². The molecule has 1 unspecified atom stereocenters. The molecule has 12 nitrogen and oxygen atoms in total. The van der Waals surface area contributed by atoms with Gasteiger partial charge in [0.1, 0.15) is 18.1 Å². The summed E-state index contributed by atoms with van der Waals surface area (Å²) in [4.78, 5) is 81.5. The molecule has 12 heteroatoms. The number of likely N-dealkylation sites (tertiary alicyclic amines) is 1. The van der Waals surface area contributed by atoms with Crippen LogP contribution in [-0.4, -0.2) is 83.8 Å². The summed E-state index contributed by atoms with van der Waals surface area (Å²) in [5, 5.41) is 10.7. The maximum Gasteiger partial charge on any atom is 0.329 e. The Morgan fingerprint density at radius 2 is 1.49 bits per heavy atom. The van der Waals surface area contributed by atoms with Crippen LogP contribution in [-0.2, 0) is 28.7 Å². The molecule has 0 radical (unpaired) electrons. The number of unbranched alkanes of at least 4 members (excludes halogenated alkanes) is 1. The molecule has 0 aromatic carbocycles. The lowest BCUT2D eigenvalue weighted by molar-refractivity contribution is -0.152. The molecule has 0 aliphatic carbocycles. The second kappa shape index (κ2) is 18.2. The van der Waals surface area contributed by atoms with E-state index in [4.69, 9.17) is 4.74 Å². The molecular weight excluding hydrogens is 602 g/mol. The number of hydrogen-bond acceptors (Lipinski definition) is 7. The molecule has 47 heavy (non-hydrogen) atoms. The Kier molecular flexibility index (Phi) is 16.1. The van der Waals surface area contributed by atoms with Gasteiger partial charge < -0.3 is 30.9 Å². The number of nitrogens with zero attached hydrogens (tertiary/aromatic N) is 1. The molecule has 0 spiro atoms. The van der Waals surface area contributed by atoms with Crippen LogP contribution >= 0.6 is 0 Å². The van der Waals surface area contributed by atoms with Crippen molar-refractivity contribution in [3.8, 4) is 0 Å². The molecule has 5 amide bonds. The molecule has 0 aromatic rings. The molecule has 0 aromatic heterocycles. The third-order valence-corrected chi connectivity index (χ3v) is 8.01. The second-order valence-electron chi connectivity index (χ2n) is 15.5. The van der Waals surface area contributed by atoms with Crippen LogP contribution in [0.1, 0.15) is 108 Å². The summed E-state index contributed by atoms with van der Waals surface area (Å²) in [5.41, 5.74) is -1.45. The topological polar surface area (TPSA) is 163 Å². The van der Waals surface area contributed by atoms with Crippen LogP contribution in [0.15, 0.2) is 12.7 Å². The highest BCUT2D eigenvalue weighted by Crippen LogP contribution is 2.32.